The highest BCUT2D eigenvalue weighted by Gasteiger charge is 2.60. The fourth-order valence-electron chi connectivity index (χ4n) is 4.02. The standard InChI is InChI=1S/C19H21N3O4S/c1-21-10-15(12-7-13(25-2)9-14(8-12)26-3)19(11-21)17(23)22(18(24)20-19)16-5-4-6-27-16/h4-9,15H,10-11H2,1-3H3,(H,20,24)/t15-,19-/m0/s1. The molecule has 2 saturated heterocycles. The number of anilines is 1. The third-order valence-corrected chi connectivity index (χ3v) is 6.08. The zero-order chi connectivity index (χ0) is 19.2. The molecule has 3 amide bonds. The summed E-state index contributed by atoms with van der Waals surface area (Å²) in [6.45, 7) is 1.09. The van der Waals surface area contributed by atoms with Crippen LogP contribution in [-0.2, 0) is 4.79 Å². The van der Waals surface area contributed by atoms with E-state index >= 15 is 0 Å². The molecule has 0 radical (unpaired) electrons. The lowest BCUT2D eigenvalue weighted by molar-refractivity contribution is -0.122. The average molecular weight is 387 g/mol. The highest BCUT2D eigenvalue weighted by atomic mass is 32.1. The molecular weight excluding hydrogens is 366 g/mol. The lowest BCUT2D eigenvalue weighted by Crippen LogP contribution is -2.52. The Hall–Kier alpha value is -2.58. The first-order valence-electron chi connectivity index (χ1n) is 8.60. The molecule has 1 aromatic heterocycles. The van der Waals surface area contributed by atoms with Crippen molar-refractivity contribution in [2.45, 2.75) is 11.5 Å². The van der Waals surface area contributed by atoms with Gasteiger partial charge in [0.05, 0.1) is 14.2 Å². The number of nitrogens with one attached hydrogen (secondary N) is 1. The number of imide groups is 1. The molecule has 4 rings (SSSR count). The fraction of sp³-hybridized carbons (Fsp3) is 0.368. The van der Waals surface area contributed by atoms with E-state index in [9.17, 15) is 9.59 Å². The zero-order valence-electron chi connectivity index (χ0n) is 15.4. The third-order valence-electron chi connectivity index (χ3n) is 5.23. The number of likely N-dealkylation sites (tertiary alicyclic amines) is 1. The van der Waals surface area contributed by atoms with E-state index in [2.05, 4.69) is 10.2 Å². The van der Waals surface area contributed by atoms with Crippen molar-refractivity contribution in [3.8, 4) is 11.5 Å². The number of carbonyl (C=O) groups is 2. The first-order valence-corrected chi connectivity index (χ1v) is 9.48. The molecule has 3 heterocycles. The maximum absolute atomic E-state index is 13.4. The first kappa shape index (κ1) is 17.8. The molecule has 142 valence electrons. The van der Waals surface area contributed by atoms with E-state index in [0.29, 0.717) is 29.6 Å². The summed E-state index contributed by atoms with van der Waals surface area (Å²) in [5.74, 6) is 0.876. The van der Waals surface area contributed by atoms with E-state index in [4.69, 9.17) is 9.47 Å². The maximum atomic E-state index is 13.4. The Morgan fingerprint density at radius 1 is 1.19 bits per heavy atom. The predicted molar refractivity (Wildman–Crippen MR) is 103 cm³/mol. The van der Waals surface area contributed by atoms with Crippen LogP contribution < -0.4 is 19.7 Å². The lowest BCUT2D eigenvalue weighted by atomic mass is 9.81. The topological polar surface area (TPSA) is 71.1 Å². The molecule has 2 aliphatic heterocycles. The highest BCUT2D eigenvalue weighted by Crippen LogP contribution is 2.43. The average Bonchev–Trinajstić information content (AvgIpc) is 3.34. The van der Waals surface area contributed by atoms with Gasteiger partial charge >= 0.3 is 6.03 Å². The second-order valence-electron chi connectivity index (χ2n) is 6.89. The quantitative estimate of drug-likeness (QED) is 0.815. The van der Waals surface area contributed by atoms with Gasteiger partial charge in [0, 0.05) is 25.1 Å². The Labute approximate surface area is 161 Å². The first-order chi connectivity index (χ1) is 13.0. The number of amides is 3. The molecule has 0 unspecified atom stereocenters. The van der Waals surface area contributed by atoms with E-state index in [1.165, 1.54) is 16.2 Å². The number of ether oxygens (including phenoxy) is 2. The van der Waals surface area contributed by atoms with Gasteiger partial charge in [-0.15, -0.1) is 11.3 Å². The predicted octanol–water partition coefficient (Wildman–Crippen LogP) is 2.29. The molecule has 7 nitrogen and oxygen atoms in total. The second kappa shape index (κ2) is 6.54. The van der Waals surface area contributed by atoms with Gasteiger partial charge in [0.2, 0.25) is 0 Å². The molecule has 8 heteroatoms. The number of nitrogens with zero attached hydrogens (tertiary/aromatic N) is 2. The van der Waals surface area contributed by atoms with Gasteiger partial charge in [0.15, 0.2) is 0 Å². The molecular formula is C19H21N3O4S. The molecule has 2 aromatic rings. The molecule has 1 N–H and O–H groups in total. The molecule has 0 saturated carbocycles. The van der Waals surface area contributed by atoms with Crippen LogP contribution in [0.25, 0.3) is 0 Å². The monoisotopic (exact) mass is 387 g/mol. The van der Waals surface area contributed by atoms with Gasteiger partial charge in [-0.2, -0.15) is 0 Å². The number of thiophene rings is 1. The summed E-state index contributed by atoms with van der Waals surface area (Å²) < 4.78 is 10.8. The number of benzene rings is 1. The van der Waals surface area contributed by atoms with Crippen LogP contribution in [0.3, 0.4) is 0 Å². The number of likely N-dealkylation sites (N-methyl/N-ethyl adjacent to an activating group) is 1. The minimum atomic E-state index is -1.01. The molecule has 1 spiro atoms. The van der Waals surface area contributed by atoms with Crippen LogP contribution in [0.15, 0.2) is 35.7 Å². The summed E-state index contributed by atoms with van der Waals surface area (Å²) in [6, 6.07) is 8.84. The minimum absolute atomic E-state index is 0.215. The van der Waals surface area contributed by atoms with Crippen molar-refractivity contribution in [3.05, 3.63) is 41.3 Å². The van der Waals surface area contributed by atoms with Crippen molar-refractivity contribution in [3.63, 3.8) is 0 Å². The van der Waals surface area contributed by atoms with Crippen LogP contribution in [0.1, 0.15) is 11.5 Å². The summed E-state index contributed by atoms with van der Waals surface area (Å²) in [5.41, 5.74) is -0.107. The van der Waals surface area contributed by atoms with Crippen molar-refractivity contribution in [1.82, 2.24) is 10.2 Å². The van der Waals surface area contributed by atoms with Crippen LogP contribution in [-0.4, -0.2) is 56.7 Å². The molecule has 27 heavy (non-hydrogen) atoms. The number of hydrogen-bond donors (Lipinski definition) is 1. The Bertz CT molecular complexity index is 863. The van der Waals surface area contributed by atoms with Crippen LogP contribution in [0.5, 0.6) is 11.5 Å². The van der Waals surface area contributed by atoms with E-state index in [0.717, 1.165) is 5.56 Å². The molecule has 1 aromatic carbocycles. The van der Waals surface area contributed by atoms with Gasteiger partial charge in [-0.25, -0.2) is 9.69 Å². The number of hydrogen-bond acceptors (Lipinski definition) is 6. The summed E-state index contributed by atoms with van der Waals surface area (Å²) >= 11 is 1.37. The number of rotatable bonds is 4. The van der Waals surface area contributed by atoms with Gasteiger partial charge in [0.25, 0.3) is 5.91 Å². The zero-order valence-corrected chi connectivity index (χ0v) is 16.2. The van der Waals surface area contributed by atoms with Gasteiger partial charge in [-0.1, -0.05) is 0 Å². The minimum Gasteiger partial charge on any atom is -0.497 e. The van der Waals surface area contributed by atoms with Crippen molar-refractivity contribution >= 4 is 28.3 Å². The summed E-state index contributed by atoms with van der Waals surface area (Å²) in [5, 5.41) is 5.48. The van der Waals surface area contributed by atoms with Gasteiger partial charge in [-0.3, -0.25) is 4.79 Å². The SMILES string of the molecule is COc1cc(OC)cc([C@@H]2CN(C)C[C@]23NC(=O)N(c2cccs2)C3=O)c1. The summed E-state index contributed by atoms with van der Waals surface area (Å²) in [6.07, 6.45) is 0. The Kier molecular flexibility index (Phi) is 4.32. The molecule has 2 atom stereocenters. The van der Waals surface area contributed by atoms with Crippen LogP contribution in [0.4, 0.5) is 9.80 Å². The van der Waals surface area contributed by atoms with Crippen molar-refractivity contribution in [2.75, 3.05) is 39.3 Å². The summed E-state index contributed by atoms with van der Waals surface area (Å²) in [4.78, 5) is 29.5. The van der Waals surface area contributed by atoms with Crippen LogP contribution in [0.2, 0.25) is 0 Å². The number of methoxy groups -OCH3 is 2. The smallest absolute Gasteiger partial charge is 0.330 e. The van der Waals surface area contributed by atoms with Crippen molar-refractivity contribution < 1.29 is 19.1 Å². The third kappa shape index (κ3) is 2.76. The second-order valence-corrected chi connectivity index (χ2v) is 7.81. The van der Waals surface area contributed by atoms with Crippen molar-refractivity contribution in [2.24, 2.45) is 0 Å². The van der Waals surface area contributed by atoms with Crippen LogP contribution in [0, 0.1) is 0 Å². The number of carbonyl (C=O) groups excluding carboxylic acids is 2. The molecule has 0 aliphatic carbocycles. The van der Waals surface area contributed by atoms with Gasteiger partial charge < -0.3 is 19.7 Å². The normalized spacial score (nSPS) is 25.3. The summed E-state index contributed by atoms with van der Waals surface area (Å²) in [7, 11) is 5.14. The molecule has 2 aliphatic rings. The van der Waals surface area contributed by atoms with E-state index < -0.39 is 5.54 Å². The van der Waals surface area contributed by atoms with Crippen molar-refractivity contribution in [1.29, 1.82) is 0 Å². The fourth-order valence-corrected chi connectivity index (χ4v) is 4.75. The largest absolute Gasteiger partial charge is 0.497 e. The van der Waals surface area contributed by atoms with Gasteiger partial charge in [0.1, 0.15) is 22.0 Å². The lowest BCUT2D eigenvalue weighted by Gasteiger charge is -2.28. The number of urea groups is 1. The molecule has 2 fully saturated rings. The maximum Gasteiger partial charge on any atom is 0.330 e. The van der Waals surface area contributed by atoms with E-state index in [-0.39, 0.29) is 17.9 Å². The van der Waals surface area contributed by atoms with E-state index in [1.807, 2.05) is 30.6 Å². The molecule has 0 bridgehead atoms. The van der Waals surface area contributed by atoms with Gasteiger partial charge in [-0.05, 0) is 42.3 Å². The Morgan fingerprint density at radius 3 is 2.48 bits per heavy atom. The van der Waals surface area contributed by atoms with Crippen LogP contribution >= 0.6 is 11.3 Å². The Balaban J connectivity index is 1.78. The Morgan fingerprint density at radius 2 is 1.89 bits per heavy atom. The van der Waals surface area contributed by atoms with E-state index in [1.54, 1.807) is 26.4 Å². The highest BCUT2D eigenvalue weighted by molar-refractivity contribution is 7.14.